The van der Waals surface area contributed by atoms with Crippen LogP contribution in [0.1, 0.15) is 11.1 Å². The van der Waals surface area contributed by atoms with Crippen LogP contribution in [0.25, 0.3) is 34.0 Å². The van der Waals surface area contributed by atoms with E-state index < -0.39 is 11.2 Å². The first-order valence-electron chi connectivity index (χ1n) is 9.51. The number of thiophene rings is 1. The first-order chi connectivity index (χ1) is 14.6. The Bertz CT molecular complexity index is 1390. The van der Waals surface area contributed by atoms with Crippen molar-refractivity contribution in [2.45, 2.75) is 6.42 Å². The maximum Gasteiger partial charge on any atom is 0.332 e. The summed E-state index contributed by atoms with van der Waals surface area (Å²) in [5, 5.41) is 4.06. The number of allylic oxidation sites excluding steroid dienone is 1. The molecular formula is C24H18N2O3S. The molecule has 0 saturated carbocycles. The molecule has 5 nitrogen and oxygen atoms in total. The number of ether oxygens (including phenoxy) is 1. The highest BCUT2D eigenvalue weighted by Gasteiger charge is 2.18. The fraction of sp³-hybridized carbons (Fsp3) is 0.0833. The van der Waals surface area contributed by atoms with E-state index in [1.165, 1.54) is 28.0 Å². The zero-order valence-electron chi connectivity index (χ0n) is 16.2. The molecule has 0 fully saturated rings. The highest BCUT2D eigenvalue weighted by Crippen LogP contribution is 2.42. The van der Waals surface area contributed by atoms with Crippen LogP contribution in [0.15, 0.2) is 75.1 Å². The van der Waals surface area contributed by atoms with E-state index in [4.69, 9.17) is 4.74 Å². The van der Waals surface area contributed by atoms with Gasteiger partial charge in [0.25, 0.3) is 5.56 Å². The minimum atomic E-state index is -0.479. The standard InChI is InChI=1S/C24H18N2O3S/c1-29-23-20(17-6-5-15-3-2-4-16(15)11-17)12-19(13-21(23)18-8-10-30-14-18)26-9-7-22(27)25-24(26)28/h2-3,5-14H,4H2,1H3,(H,25,27,28). The van der Waals surface area contributed by atoms with Gasteiger partial charge in [-0.1, -0.05) is 30.4 Å². The van der Waals surface area contributed by atoms with Gasteiger partial charge in [-0.2, -0.15) is 11.3 Å². The molecule has 4 aromatic rings. The van der Waals surface area contributed by atoms with Gasteiger partial charge in [-0.25, -0.2) is 4.79 Å². The van der Waals surface area contributed by atoms with Crippen molar-refractivity contribution in [3.05, 3.63) is 97.5 Å². The van der Waals surface area contributed by atoms with Crippen LogP contribution in [0, 0.1) is 0 Å². The monoisotopic (exact) mass is 414 g/mol. The zero-order valence-corrected chi connectivity index (χ0v) is 17.0. The molecule has 0 aliphatic heterocycles. The lowest BCUT2D eigenvalue weighted by atomic mass is 9.95. The number of H-pyrrole nitrogens is 1. The molecule has 0 bridgehead atoms. The Morgan fingerprint density at radius 3 is 2.60 bits per heavy atom. The number of aromatic amines is 1. The molecule has 2 aromatic carbocycles. The molecule has 0 spiro atoms. The van der Waals surface area contributed by atoms with Crippen LogP contribution in [0.4, 0.5) is 0 Å². The summed E-state index contributed by atoms with van der Waals surface area (Å²) in [5.41, 5.74) is 6.06. The lowest BCUT2D eigenvalue weighted by molar-refractivity contribution is 0.418. The molecule has 2 heterocycles. The molecule has 1 aliphatic rings. The predicted octanol–water partition coefficient (Wildman–Crippen LogP) is 4.50. The lowest BCUT2D eigenvalue weighted by Gasteiger charge is -2.17. The summed E-state index contributed by atoms with van der Waals surface area (Å²) in [4.78, 5) is 26.3. The van der Waals surface area contributed by atoms with Crippen LogP contribution in [0.2, 0.25) is 0 Å². The quantitative estimate of drug-likeness (QED) is 0.535. The highest BCUT2D eigenvalue weighted by molar-refractivity contribution is 7.08. The summed E-state index contributed by atoms with van der Waals surface area (Å²) in [6.45, 7) is 0. The minimum absolute atomic E-state index is 0.422. The molecule has 6 heteroatoms. The van der Waals surface area contributed by atoms with Gasteiger partial charge in [-0.05, 0) is 57.6 Å². The molecule has 1 aliphatic carbocycles. The molecule has 30 heavy (non-hydrogen) atoms. The van der Waals surface area contributed by atoms with Crippen molar-refractivity contribution in [2.75, 3.05) is 7.11 Å². The second-order valence-corrected chi connectivity index (χ2v) is 7.87. The number of benzene rings is 2. The van der Waals surface area contributed by atoms with Crippen molar-refractivity contribution in [2.24, 2.45) is 0 Å². The first kappa shape index (κ1) is 18.4. The van der Waals surface area contributed by atoms with Crippen molar-refractivity contribution in [1.29, 1.82) is 0 Å². The number of nitrogens with one attached hydrogen (secondary N) is 1. The van der Waals surface area contributed by atoms with Gasteiger partial charge >= 0.3 is 5.69 Å². The number of fused-ring (bicyclic) bond motifs is 1. The van der Waals surface area contributed by atoms with Crippen LogP contribution < -0.4 is 16.0 Å². The maximum absolute atomic E-state index is 12.5. The Hall–Kier alpha value is -3.64. The summed E-state index contributed by atoms with van der Waals surface area (Å²) in [6.07, 6.45) is 6.68. The van der Waals surface area contributed by atoms with E-state index in [0.29, 0.717) is 5.69 Å². The SMILES string of the molecule is COc1c(-c2ccsc2)cc(-n2ccc(=O)[nH]c2=O)cc1-c1ccc2c(c1)CC=C2. The van der Waals surface area contributed by atoms with E-state index in [2.05, 4.69) is 35.3 Å². The van der Waals surface area contributed by atoms with Crippen molar-refractivity contribution < 1.29 is 4.74 Å². The van der Waals surface area contributed by atoms with E-state index >= 15 is 0 Å². The molecule has 1 N–H and O–H groups in total. The number of rotatable bonds is 4. The number of methoxy groups -OCH3 is 1. The summed E-state index contributed by atoms with van der Waals surface area (Å²) in [7, 11) is 1.66. The summed E-state index contributed by atoms with van der Waals surface area (Å²) in [6, 6.07) is 13.6. The molecule has 0 saturated heterocycles. The maximum atomic E-state index is 12.5. The van der Waals surface area contributed by atoms with Crippen molar-refractivity contribution in [3.8, 4) is 33.7 Å². The van der Waals surface area contributed by atoms with E-state index in [1.54, 1.807) is 18.4 Å². The van der Waals surface area contributed by atoms with Crippen molar-refractivity contribution >= 4 is 17.4 Å². The fourth-order valence-corrected chi connectivity index (χ4v) is 4.52. The van der Waals surface area contributed by atoms with Gasteiger partial charge in [0, 0.05) is 23.4 Å². The van der Waals surface area contributed by atoms with Crippen LogP contribution in [0.5, 0.6) is 5.75 Å². The summed E-state index contributed by atoms with van der Waals surface area (Å²) < 4.78 is 7.30. The van der Waals surface area contributed by atoms with Gasteiger partial charge in [-0.15, -0.1) is 0 Å². The Labute approximate surface area is 176 Å². The van der Waals surface area contributed by atoms with Gasteiger partial charge < -0.3 is 4.74 Å². The first-order valence-corrected chi connectivity index (χ1v) is 10.4. The normalized spacial score (nSPS) is 12.2. The second kappa shape index (κ2) is 7.31. The Kier molecular flexibility index (Phi) is 4.48. The third kappa shape index (κ3) is 3.11. The molecular weight excluding hydrogens is 396 g/mol. The minimum Gasteiger partial charge on any atom is -0.495 e. The van der Waals surface area contributed by atoms with Gasteiger partial charge in [0.1, 0.15) is 5.75 Å². The van der Waals surface area contributed by atoms with Crippen molar-refractivity contribution in [1.82, 2.24) is 9.55 Å². The predicted molar refractivity (Wildman–Crippen MR) is 121 cm³/mol. The number of hydrogen-bond acceptors (Lipinski definition) is 4. The molecule has 0 amide bonds. The van der Waals surface area contributed by atoms with Crippen molar-refractivity contribution in [3.63, 3.8) is 0 Å². The van der Waals surface area contributed by atoms with Gasteiger partial charge in [0.15, 0.2) is 0 Å². The molecule has 0 atom stereocenters. The highest BCUT2D eigenvalue weighted by atomic mass is 32.1. The van der Waals surface area contributed by atoms with Gasteiger partial charge in [0.05, 0.1) is 12.8 Å². The zero-order chi connectivity index (χ0) is 20.7. The second-order valence-electron chi connectivity index (χ2n) is 7.09. The summed E-state index contributed by atoms with van der Waals surface area (Å²) >= 11 is 1.60. The average Bonchev–Trinajstić information content (AvgIpc) is 3.44. The van der Waals surface area contributed by atoms with E-state index in [9.17, 15) is 9.59 Å². The van der Waals surface area contributed by atoms with Gasteiger partial charge in [-0.3, -0.25) is 14.3 Å². The van der Waals surface area contributed by atoms with Crippen LogP contribution >= 0.6 is 11.3 Å². The average molecular weight is 414 g/mol. The Balaban J connectivity index is 1.79. The molecule has 5 rings (SSSR count). The third-order valence-electron chi connectivity index (χ3n) is 5.30. The number of hydrogen-bond donors (Lipinski definition) is 1. The lowest BCUT2D eigenvalue weighted by Crippen LogP contribution is -2.27. The molecule has 148 valence electrons. The van der Waals surface area contributed by atoms with E-state index in [0.717, 1.165) is 34.4 Å². The molecule has 0 radical (unpaired) electrons. The van der Waals surface area contributed by atoms with Crippen LogP contribution in [-0.2, 0) is 6.42 Å². The molecule has 2 aromatic heterocycles. The van der Waals surface area contributed by atoms with Crippen LogP contribution in [0.3, 0.4) is 0 Å². The Morgan fingerprint density at radius 1 is 1.03 bits per heavy atom. The fourth-order valence-electron chi connectivity index (χ4n) is 3.87. The third-order valence-corrected chi connectivity index (χ3v) is 5.98. The van der Waals surface area contributed by atoms with Crippen LogP contribution in [-0.4, -0.2) is 16.7 Å². The summed E-state index contributed by atoms with van der Waals surface area (Å²) in [5.74, 6) is 0.750. The number of nitrogens with zero attached hydrogens (tertiary/aromatic N) is 1. The Morgan fingerprint density at radius 2 is 1.87 bits per heavy atom. The molecule has 0 unspecified atom stereocenters. The topological polar surface area (TPSA) is 64.1 Å². The number of aromatic nitrogens is 2. The van der Waals surface area contributed by atoms with E-state index in [-0.39, 0.29) is 0 Å². The smallest absolute Gasteiger partial charge is 0.332 e. The largest absolute Gasteiger partial charge is 0.495 e. The van der Waals surface area contributed by atoms with E-state index in [1.807, 2.05) is 29.0 Å². The van der Waals surface area contributed by atoms with Gasteiger partial charge in [0.2, 0.25) is 0 Å².